The molecule has 1 aliphatic carbocycles. The van der Waals surface area contributed by atoms with Crippen molar-refractivity contribution in [2.75, 3.05) is 18.5 Å². The van der Waals surface area contributed by atoms with E-state index in [9.17, 15) is 0 Å². The van der Waals surface area contributed by atoms with E-state index >= 15 is 0 Å². The molecule has 1 aromatic carbocycles. The van der Waals surface area contributed by atoms with Crippen LogP contribution < -0.4 is 10.6 Å². The zero-order chi connectivity index (χ0) is 11.3. The van der Waals surface area contributed by atoms with Crippen molar-refractivity contribution >= 4 is 5.69 Å². The molecule has 0 amide bonds. The third kappa shape index (κ3) is 1.23. The van der Waals surface area contributed by atoms with E-state index in [1.54, 1.807) is 5.56 Å². The molecule has 0 spiro atoms. The molecule has 1 aromatic rings. The molecule has 16 heavy (non-hydrogen) atoms. The molecule has 0 saturated heterocycles. The van der Waals surface area contributed by atoms with Crippen molar-refractivity contribution in [3.8, 4) is 0 Å². The van der Waals surface area contributed by atoms with Gasteiger partial charge in [-0.05, 0) is 43.4 Å². The van der Waals surface area contributed by atoms with Crippen LogP contribution in [0, 0.1) is 0 Å². The fraction of sp³-hybridized carbons (Fsp3) is 0.571. The van der Waals surface area contributed by atoms with Gasteiger partial charge >= 0.3 is 0 Å². The van der Waals surface area contributed by atoms with Crippen molar-refractivity contribution in [2.45, 2.75) is 37.6 Å². The molecule has 1 aliphatic heterocycles. The molecule has 2 heteroatoms. The fourth-order valence-corrected chi connectivity index (χ4v) is 3.17. The molecule has 1 fully saturated rings. The second kappa shape index (κ2) is 3.24. The van der Waals surface area contributed by atoms with E-state index in [1.807, 2.05) is 0 Å². The number of fused-ring (bicyclic) bond motifs is 1. The highest BCUT2D eigenvalue weighted by Gasteiger charge is 2.49. The van der Waals surface area contributed by atoms with Gasteiger partial charge in [0.05, 0.1) is 0 Å². The Morgan fingerprint density at radius 1 is 1.38 bits per heavy atom. The average molecular weight is 216 g/mol. The number of nitrogens with two attached hydrogens (primary N) is 1. The lowest BCUT2D eigenvalue weighted by Crippen LogP contribution is -2.32. The number of nitrogens with zero attached hydrogens (tertiary/aromatic N) is 1. The number of anilines is 1. The minimum absolute atomic E-state index is 0.282. The first-order chi connectivity index (χ1) is 7.65. The lowest BCUT2D eigenvalue weighted by molar-refractivity contribution is 0.553. The zero-order valence-corrected chi connectivity index (χ0v) is 10.2. The quantitative estimate of drug-likeness (QED) is 0.820. The summed E-state index contributed by atoms with van der Waals surface area (Å²) in [6.45, 7) is 3.31. The highest BCUT2D eigenvalue weighted by molar-refractivity contribution is 5.62. The van der Waals surface area contributed by atoms with Crippen LogP contribution in [0.4, 0.5) is 5.69 Å². The Morgan fingerprint density at radius 3 is 2.75 bits per heavy atom. The second-order valence-corrected chi connectivity index (χ2v) is 5.42. The molecule has 0 radical (unpaired) electrons. The topological polar surface area (TPSA) is 29.3 Å². The Bertz CT molecular complexity index is 419. The molecule has 2 N–H and O–H groups in total. The number of hydrogen-bond donors (Lipinski definition) is 1. The molecule has 1 saturated carbocycles. The van der Waals surface area contributed by atoms with Gasteiger partial charge in [0.15, 0.2) is 0 Å². The lowest BCUT2D eigenvalue weighted by atomic mass is 9.85. The van der Waals surface area contributed by atoms with Gasteiger partial charge in [-0.15, -0.1) is 0 Å². The number of hydrogen-bond acceptors (Lipinski definition) is 2. The molecule has 2 nitrogen and oxygen atoms in total. The molecule has 86 valence electrons. The van der Waals surface area contributed by atoms with Crippen LogP contribution in [-0.2, 0) is 11.8 Å². The molecule has 2 aliphatic rings. The van der Waals surface area contributed by atoms with Crippen molar-refractivity contribution in [1.29, 1.82) is 0 Å². The van der Waals surface area contributed by atoms with Gasteiger partial charge in [-0.1, -0.05) is 12.1 Å². The Labute approximate surface area is 97.4 Å². The average Bonchev–Trinajstić information content (AvgIpc) is 3.00. The third-order valence-electron chi connectivity index (χ3n) is 4.46. The van der Waals surface area contributed by atoms with Crippen LogP contribution in [0.1, 0.15) is 30.9 Å². The van der Waals surface area contributed by atoms with E-state index < -0.39 is 0 Å². The Balaban J connectivity index is 2.10. The van der Waals surface area contributed by atoms with Crippen LogP contribution >= 0.6 is 0 Å². The Kier molecular flexibility index (Phi) is 2.05. The SMILES string of the molecule is CC(N)C1(c2cccc3c2CCN3C)CC1. The Morgan fingerprint density at radius 2 is 2.12 bits per heavy atom. The van der Waals surface area contributed by atoms with E-state index in [4.69, 9.17) is 5.73 Å². The van der Waals surface area contributed by atoms with Gasteiger partial charge in [-0.3, -0.25) is 0 Å². The summed E-state index contributed by atoms with van der Waals surface area (Å²) in [5.74, 6) is 0. The van der Waals surface area contributed by atoms with Gasteiger partial charge in [0, 0.05) is 30.7 Å². The first kappa shape index (κ1) is 10.2. The maximum Gasteiger partial charge on any atom is 0.0399 e. The van der Waals surface area contributed by atoms with Crippen LogP contribution in [0.5, 0.6) is 0 Å². The van der Waals surface area contributed by atoms with Gasteiger partial charge in [-0.2, -0.15) is 0 Å². The smallest absolute Gasteiger partial charge is 0.0399 e. The summed E-state index contributed by atoms with van der Waals surface area (Å²) in [7, 11) is 2.18. The van der Waals surface area contributed by atoms with Crippen molar-refractivity contribution < 1.29 is 0 Å². The molecule has 0 aromatic heterocycles. The standard InChI is InChI=1S/C14H20N2/c1-10(15)14(7-8-14)12-4-3-5-13-11(12)6-9-16(13)2/h3-5,10H,6-9,15H2,1-2H3. The second-order valence-electron chi connectivity index (χ2n) is 5.42. The lowest BCUT2D eigenvalue weighted by Gasteiger charge is -2.23. The third-order valence-corrected chi connectivity index (χ3v) is 4.46. The first-order valence-electron chi connectivity index (χ1n) is 6.24. The van der Waals surface area contributed by atoms with Crippen LogP contribution in [0.15, 0.2) is 18.2 Å². The molecule has 1 atom stereocenters. The predicted molar refractivity (Wildman–Crippen MR) is 68.0 cm³/mol. The maximum absolute atomic E-state index is 6.18. The largest absolute Gasteiger partial charge is 0.374 e. The maximum atomic E-state index is 6.18. The minimum atomic E-state index is 0.282. The molecule has 1 unspecified atom stereocenters. The minimum Gasteiger partial charge on any atom is -0.374 e. The number of likely N-dealkylation sites (N-methyl/N-ethyl adjacent to an activating group) is 1. The zero-order valence-electron chi connectivity index (χ0n) is 10.2. The highest BCUT2D eigenvalue weighted by atomic mass is 15.1. The van der Waals surface area contributed by atoms with E-state index in [-0.39, 0.29) is 6.04 Å². The molecular weight excluding hydrogens is 196 g/mol. The van der Waals surface area contributed by atoms with Crippen LogP contribution in [0.2, 0.25) is 0 Å². The Hall–Kier alpha value is -1.02. The normalized spacial score (nSPS) is 23.1. The molecule has 3 rings (SSSR count). The fourth-order valence-electron chi connectivity index (χ4n) is 3.17. The van der Waals surface area contributed by atoms with Crippen molar-refractivity contribution in [2.24, 2.45) is 5.73 Å². The van der Waals surface area contributed by atoms with Gasteiger partial charge in [0.25, 0.3) is 0 Å². The predicted octanol–water partition coefficient (Wildman–Crippen LogP) is 2.06. The summed E-state index contributed by atoms with van der Waals surface area (Å²) in [5.41, 5.74) is 11.0. The summed E-state index contributed by atoms with van der Waals surface area (Å²) in [5, 5.41) is 0. The van der Waals surface area contributed by atoms with Crippen molar-refractivity contribution in [3.05, 3.63) is 29.3 Å². The summed E-state index contributed by atoms with van der Waals surface area (Å²) in [6, 6.07) is 7.01. The van der Waals surface area contributed by atoms with Crippen molar-refractivity contribution in [3.63, 3.8) is 0 Å². The number of benzene rings is 1. The molecule has 1 heterocycles. The first-order valence-corrected chi connectivity index (χ1v) is 6.24. The highest BCUT2D eigenvalue weighted by Crippen LogP contribution is 2.53. The summed E-state index contributed by atoms with van der Waals surface area (Å²) in [4.78, 5) is 2.36. The summed E-state index contributed by atoms with van der Waals surface area (Å²) in [6.07, 6.45) is 3.73. The van der Waals surface area contributed by atoms with Gasteiger partial charge in [-0.25, -0.2) is 0 Å². The van der Waals surface area contributed by atoms with Gasteiger partial charge in [0.1, 0.15) is 0 Å². The van der Waals surface area contributed by atoms with Crippen LogP contribution in [0.3, 0.4) is 0 Å². The summed E-state index contributed by atoms with van der Waals surface area (Å²) < 4.78 is 0. The monoisotopic (exact) mass is 216 g/mol. The van der Waals surface area contributed by atoms with E-state index in [2.05, 4.69) is 37.1 Å². The van der Waals surface area contributed by atoms with Crippen LogP contribution in [0.25, 0.3) is 0 Å². The molecular formula is C14H20N2. The van der Waals surface area contributed by atoms with E-state index in [1.165, 1.54) is 30.5 Å². The van der Waals surface area contributed by atoms with E-state index in [0.717, 1.165) is 6.54 Å². The van der Waals surface area contributed by atoms with Crippen LogP contribution in [-0.4, -0.2) is 19.6 Å². The van der Waals surface area contributed by atoms with Gasteiger partial charge < -0.3 is 10.6 Å². The van der Waals surface area contributed by atoms with Gasteiger partial charge in [0.2, 0.25) is 0 Å². The number of rotatable bonds is 2. The van der Waals surface area contributed by atoms with Crippen molar-refractivity contribution in [1.82, 2.24) is 0 Å². The molecule has 0 bridgehead atoms. The van der Waals surface area contributed by atoms with E-state index in [0.29, 0.717) is 5.41 Å². The summed E-state index contributed by atoms with van der Waals surface area (Å²) >= 11 is 0.